The standard InChI is InChI=1S/CHNS10/c2-1-10(3,4)12(8,9)11(5,6)7/h(H,5,6,7). The highest BCUT2D eigenvalue weighted by atomic mass is 34.1. The quantitative estimate of drug-likeness (QED) is 0.438. The van der Waals surface area contributed by atoms with Crippen molar-refractivity contribution >= 4 is 95.4 Å². The van der Waals surface area contributed by atoms with Crippen LogP contribution in [0.3, 0.4) is 0 Å². The molecule has 0 aromatic rings. The second-order valence-electron chi connectivity index (χ2n) is 1.38. The zero-order valence-electron chi connectivity index (χ0n) is 5.07. The first-order valence-corrected chi connectivity index (χ1v) is 14.5. The van der Waals surface area contributed by atoms with E-state index in [9.17, 15) is 0 Å². The molecule has 0 heterocycles. The number of thiol groups is 1. The van der Waals surface area contributed by atoms with Gasteiger partial charge in [-0.05, 0) is 67.1 Å². The molecule has 0 bridgehead atoms. The molecule has 0 rings (SSSR count). The van der Waals surface area contributed by atoms with Crippen molar-refractivity contribution < 1.29 is 0 Å². The summed E-state index contributed by atoms with van der Waals surface area (Å²) in [5.74, 6) is 0. The monoisotopic (exact) mass is 347 g/mol. The van der Waals surface area contributed by atoms with Crippen molar-refractivity contribution in [2.75, 3.05) is 0 Å². The summed E-state index contributed by atoms with van der Waals surface area (Å²) in [7, 11) is 0. The van der Waals surface area contributed by atoms with Gasteiger partial charge in [0.05, 0.1) is 6.18 Å². The SMILES string of the molecule is N#CS(=S)(=S)S(=S)(=S)S(=S)(=S)S. The first-order valence-electron chi connectivity index (χ1n) is 1.94. The number of rotatable bonds is 2. The first-order chi connectivity index (χ1) is 5.06. The van der Waals surface area contributed by atoms with Crippen molar-refractivity contribution in [3.8, 4) is 5.40 Å². The minimum atomic E-state index is -2.52. The van der Waals surface area contributed by atoms with Crippen molar-refractivity contribution in [2.24, 2.45) is 0 Å². The molecule has 0 amide bonds. The minimum Gasteiger partial charge on any atom is -0.184 e. The minimum absolute atomic E-state index is 1.77. The largest absolute Gasteiger partial charge is 0.184 e. The summed E-state index contributed by atoms with van der Waals surface area (Å²) in [5, 5.41) is 5.69. The molecule has 0 spiro atoms. The smallest absolute Gasteiger partial charge is 0.152 e. The van der Waals surface area contributed by atoms with Gasteiger partial charge >= 0.3 is 0 Å². The Morgan fingerprint density at radius 2 is 1.33 bits per heavy atom. The highest BCUT2D eigenvalue weighted by Gasteiger charge is 2.19. The molecular formula is CHNS10. The third kappa shape index (κ3) is 2.85. The Labute approximate surface area is 104 Å². The van der Waals surface area contributed by atoms with Crippen LogP contribution in [0.4, 0.5) is 0 Å². The lowest BCUT2D eigenvalue weighted by molar-refractivity contribution is 1.57. The van der Waals surface area contributed by atoms with Gasteiger partial charge in [-0.25, -0.2) is 0 Å². The van der Waals surface area contributed by atoms with E-state index in [1.807, 2.05) is 0 Å². The molecule has 0 aliphatic heterocycles. The summed E-state index contributed by atoms with van der Waals surface area (Å²) in [6.45, 7) is 0. The molecule has 0 aliphatic rings. The molecule has 0 unspecified atom stereocenters. The number of thiocyanates is 1. The molecule has 0 saturated heterocycles. The van der Waals surface area contributed by atoms with Crippen LogP contribution in [0.15, 0.2) is 0 Å². The number of hydrogen-bond acceptors (Lipinski definition) is 7. The van der Waals surface area contributed by atoms with E-state index in [1.165, 1.54) is 0 Å². The fourth-order valence-corrected chi connectivity index (χ4v) is 21.8. The number of nitriles is 1. The second-order valence-corrected chi connectivity index (χ2v) is 30.6. The normalized spacial score (nSPS) is 13.7. The van der Waals surface area contributed by atoms with Crippen molar-refractivity contribution in [1.82, 2.24) is 0 Å². The van der Waals surface area contributed by atoms with Gasteiger partial charge in [-0.15, -0.1) is 0 Å². The van der Waals surface area contributed by atoms with Crippen LogP contribution in [0.1, 0.15) is 0 Å². The Morgan fingerprint density at radius 1 is 1.00 bits per heavy atom. The highest BCUT2D eigenvalue weighted by Crippen LogP contribution is 2.19. The molecule has 1 nitrogen and oxygen atoms in total. The van der Waals surface area contributed by atoms with E-state index < -0.39 is 16.6 Å². The molecule has 0 aliphatic carbocycles. The highest BCUT2D eigenvalue weighted by molar-refractivity contribution is 9.47. The molecule has 0 fully saturated rings. The summed E-state index contributed by atoms with van der Waals surface area (Å²) in [4.78, 5) is 0. The summed E-state index contributed by atoms with van der Waals surface area (Å²) in [5.41, 5.74) is 0. The van der Waals surface area contributed by atoms with Crippen molar-refractivity contribution in [2.45, 2.75) is 0 Å². The molecule has 70 valence electrons. The lowest BCUT2D eigenvalue weighted by Gasteiger charge is -2.11. The number of hydrogen-bond donors (Lipinski definition) is 1. The summed E-state index contributed by atoms with van der Waals surface area (Å²) < 4.78 is 0. The molecule has 0 aromatic carbocycles. The van der Waals surface area contributed by atoms with E-state index in [1.54, 1.807) is 5.40 Å². The Hall–Kier alpha value is 2.21. The number of nitrogens with zero attached hydrogens (tertiary/aromatic N) is 1. The predicted molar refractivity (Wildman–Crippen MR) is 80.9 cm³/mol. The average molecular weight is 348 g/mol. The lowest BCUT2D eigenvalue weighted by atomic mass is 11.8. The Kier molecular flexibility index (Phi) is 5.18. The Bertz CT molecular complexity index is 501. The van der Waals surface area contributed by atoms with Crippen LogP contribution in [0.25, 0.3) is 0 Å². The van der Waals surface area contributed by atoms with Crippen LogP contribution in [0, 0.1) is 10.7 Å². The van der Waals surface area contributed by atoms with Crippen LogP contribution < -0.4 is 0 Å². The van der Waals surface area contributed by atoms with Crippen LogP contribution in [0.2, 0.25) is 0 Å². The molecular weight excluding hydrogens is 347 g/mol. The van der Waals surface area contributed by atoms with Gasteiger partial charge in [0.2, 0.25) is 0 Å². The van der Waals surface area contributed by atoms with Crippen molar-refractivity contribution in [3.63, 3.8) is 0 Å². The fourth-order valence-electron chi connectivity index (χ4n) is 0.159. The van der Waals surface area contributed by atoms with Crippen molar-refractivity contribution in [3.05, 3.63) is 0 Å². The molecule has 0 N–H and O–H groups in total. The van der Waals surface area contributed by atoms with E-state index in [4.69, 9.17) is 72.4 Å². The summed E-state index contributed by atoms with van der Waals surface area (Å²) >= 11 is 33.3. The third-order valence-corrected chi connectivity index (χ3v) is 38.2. The van der Waals surface area contributed by atoms with Crippen LogP contribution in [0.5, 0.6) is 0 Å². The van der Waals surface area contributed by atoms with Crippen LogP contribution in [-0.2, 0) is 83.7 Å². The predicted octanol–water partition coefficient (Wildman–Crippen LogP) is 0.376. The molecule has 0 saturated carbocycles. The average Bonchev–Trinajstić information content (AvgIpc) is 1.85. The van der Waals surface area contributed by atoms with E-state index in [2.05, 4.69) is 11.7 Å². The molecule has 12 heavy (non-hydrogen) atoms. The summed E-state index contributed by atoms with van der Waals surface area (Å²) in [6.07, 6.45) is -2.52. The van der Waals surface area contributed by atoms with Gasteiger partial charge in [-0.3, -0.25) is 0 Å². The van der Waals surface area contributed by atoms with Gasteiger partial charge in [-0.2, -0.15) is 5.26 Å². The van der Waals surface area contributed by atoms with Crippen LogP contribution in [-0.4, -0.2) is 0 Å². The third-order valence-electron chi connectivity index (χ3n) is 0.638. The maximum atomic E-state index is 8.65. The molecule has 0 radical (unpaired) electrons. The zero-order chi connectivity index (χ0) is 10.2. The zero-order valence-corrected chi connectivity index (χ0v) is 13.3. The van der Waals surface area contributed by atoms with Gasteiger partial charge in [-0.1, -0.05) is 11.7 Å². The van der Waals surface area contributed by atoms with E-state index in [0.29, 0.717) is 0 Å². The Balaban J connectivity index is 6.09. The van der Waals surface area contributed by atoms with E-state index >= 15 is 0 Å². The van der Waals surface area contributed by atoms with Gasteiger partial charge in [0.25, 0.3) is 0 Å². The molecule has 0 aromatic heterocycles. The van der Waals surface area contributed by atoms with Gasteiger partial charge in [0.1, 0.15) is 0 Å². The molecule has 11 heteroatoms. The lowest BCUT2D eigenvalue weighted by Crippen LogP contribution is -2.12. The van der Waals surface area contributed by atoms with Crippen molar-refractivity contribution in [1.29, 1.82) is 5.26 Å². The maximum absolute atomic E-state index is 8.65. The topological polar surface area (TPSA) is 23.8 Å². The maximum Gasteiger partial charge on any atom is 0.152 e. The molecule has 0 atom stereocenters. The summed E-state index contributed by atoms with van der Waals surface area (Å²) in [6, 6.07) is 0. The second kappa shape index (κ2) is 4.38. The van der Waals surface area contributed by atoms with Gasteiger partial charge in [0.15, 0.2) is 5.40 Å². The Morgan fingerprint density at radius 3 is 1.42 bits per heavy atom. The fraction of sp³-hybridized carbons (Fsp3) is 0. The van der Waals surface area contributed by atoms with Gasteiger partial charge < -0.3 is 0 Å². The first kappa shape index (κ1) is 14.2. The van der Waals surface area contributed by atoms with E-state index in [0.717, 1.165) is 0 Å². The van der Waals surface area contributed by atoms with Gasteiger partial charge in [0, 0.05) is 10.4 Å². The van der Waals surface area contributed by atoms with Crippen LogP contribution >= 0.6 is 11.7 Å². The van der Waals surface area contributed by atoms with E-state index in [-0.39, 0.29) is 0 Å².